The number of hydrogen-bond donors (Lipinski definition) is 0. The lowest BCUT2D eigenvalue weighted by Gasteiger charge is -2.26. The van der Waals surface area contributed by atoms with Crippen LogP contribution in [-0.2, 0) is 12.1 Å². The minimum absolute atomic E-state index is 0.212. The Kier molecular flexibility index (Phi) is 2.61. The number of allylic oxidation sites excluding steroid dienone is 4. The molecular weight excluding hydrogens is 266 g/mol. The monoisotopic (exact) mass is 280 g/mol. The predicted molar refractivity (Wildman–Crippen MR) is 80.4 cm³/mol. The van der Waals surface area contributed by atoms with E-state index in [1.54, 1.807) is 6.07 Å². The molecule has 0 aliphatic heterocycles. The van der Waals surface area contributed by atoms with E-state index in [-0.39, 0.29) is 6.42 Å². The quantitative estimate of drug-likeness (QED) is 0.572. The van der Waals surface area contributed by atoms with E-state index in [4.69, 9.17) is 0 Å². The fourth-order valence-electron chi connectivity index (χ4n) is 3.40. The van der Waals surface area contributed by atoms with E-state index >= 15 is 4.39 Å². The molecule has 0 N–H and O–H groups in total. The van der Waals surface area contributed by atoms with Crippen LogP contribution in [-0.4, -0.2) is 0 Å². The van der Waals surface area contributed by atoms with Gasteiger partial charge in [-0.1, -0.05) is 48.5 Å². The van der Waals surface area contributed by atoms with E-state index in [1.165, 1.54) is 23.8 Å². The van der Waals surface area contributed by atoms with Gasteiger partial charge in [-0.15, -0.1) is 0 Å². The summed E-state index contributed by atoms with van der Waals surface area (Å²) in [5.74, 6) is -0.409. The van der Waals surface area contributed by atoms with Gasteiger partial charge < -0.3 is 0 Å². The molecule has 0 heterocycles. The smallest absolute Gasteiger partial charge is 0.161 e. The van der Waals surface area contributed by atoms with Gasteiger partial charge in [0.2, 0.25) is 0 Å². The Labute approximate surface area is 122 Å². The summed E-state index contributed by atoms with van der Waals surface area (Å²) >= 11 is 0. The van der Waals surface area contributed by atoms with Crippen LogP contribution in [0, 0.1) is 0 Å². The molecule has 2 heteroatoms. The molecule has 0 amide bonds. The summed E-state index contributed by atoms with van der Waals surface area (Å²) in [6.07, 6.45) is 4.77. The molecule has 0 saturated heterocycles. The number of alkyl halides is 1. The van der Waals surface area contributed by atoms with Gasteiger partial charge in [-0.05, 0) is 46.4 Å². The molecule has 0 radical (unpaired) electrons. The summed E-state index contributed by atoms with van der Waals surface area (Å²) in [7, 11) is 0. The van der Waals surface area contributed by atoms with Crippen molar-refractivity contribution in [2.45, 2.75) is 18.5 Å². The number of halogens is 2. The van der Waals surface area contributed by atoms with Crippen molar-refractivity contribution in [3.63, 3.8) is 0 Å². The zero-order valence-corrected chi connectivity index (χ0v) is 11.4. The average Bonchev–Trinajstić information content (AvgIpc) is 2.85. The van der Waals surface area contributed by atoms with Crippen molar-refractivity contribution in [3.05, 3.63) is 83.2 Å². The molecule has 2 aliphatic rings. The first-order chi connectivity index (χ1) is 10.2. The summed E-state index contributed by atoms with van der Waals surface area (Å²) in [6.45, 7) is 0. The van der Waals surface area contributed by atoms with Crippen LogP contribution in [0.15, 0.2) is 66.5 Å². The Morgan fingerprint density at radius 1 is 0.952 bits per heavy atom. The summed E-state index contributed by atoms with van der Waals surface area (Å²) in [5, 5.41) is 0. The normalized spacial score (nSPS) is 22.7. The van der Waals surface area contributed by atoms with E-state index in [0.717, 1.165) is 16.7 Å². The summed E-state index contributed by atoms with van der Waals surface area (Å²) in [4.78, 5) is 0. The molecule has 2 aromatic carbocycles. The van der Waals surface area contributed by atoms with E-state index in [2.05, 4.69) is 12.1 Å². The Morgan fingerprint density at radius 2 is 1.76 bits per heavy atom. The van der Waals surface area contributed by atoms with Gasteiger partial charge in [0.25, 0.3) is 0 Å². The zero-order valence-electron chi connectivity index (χ0n) is 11.4. The lowest BCUT2D eigenvalue weighted by molar-refractivity contribution is 0.216. The average molecular weight is 280 g/mol. The van der Waals surface area contributed by atoms with Crippen molar-refractivity contribution in [2.24, 2.45) is 0 Å². The highest BCUT2D eigenvalue weighted by Gasteiger charge is 2.36. The summed E-state index contributed by atoms with van der Waals surface area (Å²) < 4.78 is 28.8. The SMILES string of the molecule is FC1=CC=CC(F)(c2cccc3c2Cc2ccccc2-3)C1. The molecule has 0 bridgehead atoms. The highest BCUT2D eigenvalue weighted by molar-refractivity contribution is 5.78. The van der Waals surface area contributed by atoms with E-state index < -0.39 is 11.5 Å². The standard InChI is InChI=1S/C19H14F2/c20-14-6-4-10-19(21,12-14)18-9-3-8-16-15-7-2-1-5-13(15)11-17(16)18/h1-10H,11-12H2. The van der Waals surface area contributed by atoms with Crippen molar-refractivity contribution < 1.29 is 8.78 Å². The predicted octanol–water partition coefficient (Wildman–Crippen LogP) is 5.24. The third-order valence-electron chi connectivity index (χ3n) is 4.36. The van der Waals surface area contributed by atoms with Crippen molar-refractivity contribution >= 4 is 0 Å². The van der Waals surface area contributed by atoms with E-state index in [1.807, 2.05) is 24.3 Å². The van der Waals surface area contributed by atoms with E-state index in [9.17, 15) is 4.39 Å². The second-order valence-corrected chi connectivity index (χ2v) is 5.68. The molecule has 1 atom stereocenters. The Balaban J connectivity index is 1.88. The van der Waals surface area contributed by atoms with Crippen molar-refractivity contribution in [1.29, 1.82) is 0 Å². The van der Waals surface area contributed by atoms with Gasteiger partial charge in [0, 0.05) is 6.42 Å². The number of hydrogen-bond acceptors (Lipinski definition) is 0. The third kappa shape index (κ3) is 1.86. The molecule has 21 heavy (non-hydrogen) atoms. The molecule has 0 nitrogen and oxygen atoms in total. The Morgan fingerprint density at radius 3 is 2.62 bits per heavy atom. The minimum atomic E-state index is -1.74. The first-order valence-corrected chi connectivity index (χ1v) is 7.11. The van der Waals surface area contributed by atoms with E-state index in [0.29, 0.717) is 12.0 Å². The third-order valence-corrected chi connectivity index (χ3v) is 4.36. The summed E-state index contributed by atoms with van der Waals surface area (Å²) in [6, 6.07) is 13.8. The fraction of sp³-hybridized carbons (Fsp3) is 0.158. The molecule has 0 aromatic heterocycles. The van der Waals surface area contributed by atoms with Crippen LogP contribution in [0.25, 0.3) is 11.1 Å². The molecule has 0 fully saturated rings. The van der Waals surface area contributed by atoms with Gasteiger partial charge in [0.15, 0.2) is 5.67 Å². The largest absolute Gasteiger partial charge is 0.234 e. The highest BCUT2D eigenvalue weighted by atomic mass is 19.1. The second-order valence-electron chi connectivity index (χ2n) is 5.68. The maximum absolute atomic E-state index is 15.3. The fourth-order valence-corrected chi connectivity index (χ4v) is 3.40. The lowest BCUT2D eigenvalue weighted by atomic mass is 9.84. The molecular formula is C19H14F2. The number of rotatable bonds is 1. The lowest BCUT2D eigenvalue weighted by Crippen LogP contribution is -2.21. The van der Waals surface area contributed by atoms with Gasteiger partial charge in [0.05, 0.1) is 0 Å². The maximum atomic E-state index is 15.3. The van der Waals surface area contributed by atoms with Gasteiger partial charge in [-0.3, -0.25) is 0 Å². The molecule has 104 valence electrons. The number of benzene rings is 2. The molecule has 2 aromatic rings. The Hall–Kier alpha value is -2.22. The van der Waals surface area contributed by atoms with Crippen LogP contribution >= 0.6 is 0 Å². The second kappa shape index (κ2) is 4.39. The number of fused-ring (bicyclic) bond motifs is 3. The van der Waals surface area contributed by atoms with Gasteiger partial charge in [0.1, 0.15) is 5.83 Å². The molecule has 0 spiro atoms. The first kappa shape index (κ1) is 12.5. The van der Waals surface area contributed by atoms with Crippen LogP contribution in [0.4, 0.5) is 8.78 Å². The molecule has 0 saturated carbocycles. The minimum Gasteiger partial charge on any atom is -0.234 e. The zero-order chi connectivity index (χ0) is 14.4. The highest BCUT2D eigenvalue weighted by Crippen LogP contribution is 2.45. The molecule has 1 unspecified atom stereocenters. The topological polar surface area (TPSA) is 0 Å². The van der Waals surface area contributed by atoms with Crippen LogP contribution in [0.1, 0.15) is 23.1 Å². The van der Waals surface area contributed by atoms with Crippen LogP contribution in [0.3, 0.4) is 0 Å². The van der Waals surface area contributed by atoms with Crippen LogP contribution in [0.2, 0.25) is 0 Å². The summed E-state index contributed by atoms with van der Waals surface area (Å²) in [5.41, 5.74) is 3.28. The maximum Gasteiger partial charge on any atom is 0.161 e. The van der Waals surface area contributed by atoms with Gasteiger partial charge in [-0.2, -0.15) is 0 Å². The van der Waals surface area contributed by atoms with Crippen LogP contribution < -0.4 is 0 Å². The van der Waals surface area contributed by atoms with Crippen LogP contribution in [0.5, 0.6) is 0 Å². The Bertz CT molecular complexity index is 786. The van der Waals surface area contributed by atoms with Gasteiger partial charge >= 0.3 is 0 Å². The van der Waals surface area contributed by atoms with Gasteiger partial charge in [-0.25, -0.2) is 8.78 Å². The molecule has 2 aliphatic carbocycles. The van der Waals surface area contributed by atoms with Crippen molar-refractivity contribution in [2.75, 3.05) is 0 Å². The molecule has 4 rings (SSSR count). The van der Waals surface area contributed by atoms with Crippen molar-refractivity contribution in [1.82, 2.24) is 0 Å². The first-order valence-electron chi connectivity index (χ1n) is 7.11. The van der Waals surface area contributed by atoms with Crippen molar-refractivity contribution in [3.8, 4) is 11.1 Å².